The van der Waals surface area contributed by atoms with E-state index in [0.29, 0.717) is 19.5 Å². The molecule has 1 aliphatic rings. The predicted molar refractivity (Wildman–Crippen MR) is 104 cm³/mol. The third-order valence-electron chi connectivity index (χ3n) is 4.49. The molecule has 0 spiro atoms. The largest absolute Gasteiger partial charge is 0.522 e. The van der Waals surface area contributed by atoms with E-state index in [1.54, 1.807) is 16.3 Å². The van der Waals surface area contributed by atoms with Crippen molar-refractivity contribution in [2.24, 2.45) is 5.41 Å². The number of aromatic nitrogens is 2. The fraction of sp³-hybridized carbons (Fsp3) is 0.579. The summed E-state index contributed by atoms with van der Waals surface area (Å²) >= 11 is 1.59. The summed E-state index contributed by atoms with van der Waals surface area (Å²) in [7, 11) is 0. The maximum Gasteiger partial charge on any atom is 0.522 e. The number of alkyl halides is 3. The van der Waals surface area contributed by atoms with Crippen molar-refractivity contribution in [3.05, 3.63) is 24.0 Å². The molecule has 2 heterocycles. The maximum atomic E-state index is 12.4. The summed E-state index contributed by atoms with van der Waals surface area (Å²) in [6, 6.07) is 5.68. The first-order valence-electron chi connectivity index (χ1n) is 9.26. The standard InChI is InChI=1S/C19H24F3N3O3S/c1-18(2,3)9-16-23-14-8-12(29-13-10-24(11-13)17(26)27)4-5-15(14)25(16)6-7-28-19(20,21)22/h4-5,8,13H,6-7,9-11H2,1-3H3,(H,26,27). The minimum absolute atomic E-state index is 0.0596. The molecule has 29 heavy (non-hydrogen) atoms. The normalized spacial score (nSPS) is 15.7. The molecule has 0 saturated carbocycles. The lowest BCUT2D eigenvalue weighted by Crippen LogP contribution is -2.51. The van der Waals surface area contributed by atoms with Gasteiger partial charge in [-0.3, -0.25) is 4.74 Å². The van der Waals surface area contributed by atoms with E-state index in [9.17, 15) is 18.0 Å². The third-order valence-corrected chi connectivity index (χ3v) is 5.65. The molecule has 160 valence electrons. The number of fused-ring (bicyclic) bond motifs is 1. The Kier molecular flexibility index (Phi) is 6.05. The van der Waals surface area contributed by atoms with Crippen molar-refractivity contribution >= 4 is 28.9 Å². The zero-order valence-electron chi connectivity index (χ0n) is 16.5. The number of nitrogens with zero attached hydrogens (tertiary/aromatic N) is 3. The summed E-state index contributed by atoms with van der Waals surface area (Å²) in [4.78, 5) is 17.9. The van der Waals surface area contributed by atoms with E-state index in [4.69, 9.17) is 5.11 Å². The van der Waals surface area contributed by atoms with Crippen molar-refractivity contribution in [1.82, 2.24) is 14.5 Å². The number of likely N-dealkylation sites (tertiary alicyclic amines) is 1. The monoisotopic (exact) mass is 431 g/mol. The minimum Gasteiger partial charge on any atom is -0.465 e. The van der Waals surface area contributed by atoms with Gasteiger partial charge < -0.3 is 14.6 Å². The lowest BCUT2D eigenvalue weighted by atomic mass is 9.92. The predicted octanol–water partition coefficient (Wildman–Crippen LogP) is 4.62. The van der Waals surface area contributed by atoms with Crippen molar-refractivity contribution in [2.45, 2.75) is 50.2 Å². The van der Waals surface area contributed by atoms with Gasteiger partial charge in [-0.2, -0.15) is 0 Å². The van der Waals surface area contributed by atoms with E-state index < -0.39 is 19.1 Å². The van der Waals surface area contributed by atoms with Gasteiger partial charge in [0, 0.05) is 36.2 Å². The number of benzene rings is 1. The Morgan fingerprint density at radius 3 is 2.59 bits per heavy atom. The highest BCUT2D eigenvalue weighted by Crippen LogP contribution is 2.32. The summed E-state index contributed by atoms with van der Waals surface area (Å²) < 4.78 is 42.9. The molecule has 1 N–H and O–H groups in total. The van der Waals surface area contributed by atoms with Crippen LogP contribution in [0.2, 0.25) is 0 Å². The molecule has 1 fully saturated rings. The second-order valence-electron chi connectivity index (χ2n) is 8.29. The van der Waals surface area contributed by atoms with Crippen LogP contribution in [0.3, 0.4) is 0 Å². The van der Waals surface area contributed by atoms with Gasteiger partial charge in [-0.25, -0.2) is 9.78 Å². The van der Waals surface area contributed by atoms with Crippen LogP contribution < -0.4 is 0 Å². The molecule has 2 aromatic rings. The van der Waals surface area contributed by atoms with Crippen LogP contribution in [0.1, 0.15) is 26.6 Å². The molecule has 1 saturated heterocycles. The van der Waals surface area contributed by atoms with Crippen molar-refractivity contribution < 1.29 is 27.8 Å². The van der Waals surface area contributed by atoms with Gasteiger partial charge in [-0.15, -0.1) is 24.9 Å². The highest BCUT2D eigenvalue weighted by atomic mass is 32.2. The van der Waals surface area contributed by atoms with E-state index in [2.05, 4.69) is 30.5 Å². The van der Waals surface area contributed by atoms with Crippen LogP contribution in [0.15, 0.2) is 23.1 Å². The Morgan fingerprint density at radius 2 is 2.00 bits per heavy atom. The fourth-order valence-electron chi connectivity index (χ4n) is 3.21. The molecule has 1 amide bonds. The molecule has 0 atom stereocenters. The number of thioether (sulfide) groups is 1. The van der Waals surface area contributed by atoms with E-state index in [1.807, 2.05) is 18.2 Å². The van der Waals surface area contributed by atoms with Crippen LogP contribution >= 0.6 is 11.8 Å². The van der Waals surface area contributed by atoms with Gasteiger partial charge in [0.15, 0.2) is 0 Å². The lowest BCUT2D eigenvalue weighted by Gasteiger charge is -2.36. The van der Waals surface area contributed by atoms with Crippen LogP contribution in [-0.4, -0.2) is 57.0 Å². The summed E-state index contributed by atoms with van der Waals surface area (Å²) in [6.07, 6.45) is -4.95. The van der Waals surface area contributed by atoms with Crippen LogP contribution in [0.25, 0.3) is 11.0 Å². The van der Waals surface area contributed by atoms with E-state index in [-0.39, 0.29) is 17.2 Å². The minimum atomic E-state index is -4.66. The number of hydrogen-bond acceptors (Lipinski definition) is 4. The molecule has 0 unspecified atom stereocenters. The molecule has 1 aromatic heterocycles. The summed E-state index contributed by atoms with van der Waals surface area (Å²) in [5, 5.41) is 9.12. The van der Waals surface area contributed by atoms with Crippen molar-refractivity contribution in [3.8, 4) is 0 Å². The Labute approximate surface area is 171 Å². The molecular weight excluding hydrogens is 407 g/mol. The second-order valence-corrected chi connectivity index (χ2v) is 9.66. The van der Waals surface area contributed by atoms with Crippen LogP contribution in [0.4, 0.5) is 18.0 Å². The molecule has 10 heteroatoms. The topological polar surface area (TPSA) is 67.6 Å². The van der Waals surface area contributed by atoms with Gasteiger partial charge in [0.2, 0.25) is 0 Å². The smallest absolute Gasteiger partial charge is 0.465 e. The van der Waals surface area contributed by atoms with Crippen LogP contribution in [0.5, 0.6) is 0 Å². The Hall–Kier alpha value is -1.94. The molecule has 6 nitrogen and oxygen atoms in total. The SMILES string of the molecule is CC(C)(C)Cc1nc2cc(SC3CN(C(=O)O)C3)ccc2n1CCOC(F)(F)F. The molecule has 0 bridgehead atoms. The van der Waals surface area contributed by atoms with E-state index >= 15 is 0 Å². The highest BCUT2D eigenvalue weighted by Gasteiger charge is 2.31. The van der Waals surface area contributed by atoms with Gasteiger partial charge >= 0.3 is 12.5 Å². The van der Waals surface area contributed by atoms with Gasteiger partial charge in [0.1, 0.15) is 5.82 Å². The molecule has 0 radical (unpaired) electrons. The zero-order valence-corrected chi connectivity index (χ0v) is 17.3. The lowest BCUT2D eigenvalue weighted by molar-refractivity contribution is -0.325. The van der Waals surface area contributed by atoms with E-state index in [1.165, 1.54) is 4.90 Å². The summed E-state index contributed by atoms with van der Waals surface area (Å²) in [6.45, 7) is 6.70. The summed E-state index contributed by atoms with van der Waals surface area (Å²) in [5.74, 6) is 0.723. The average Bonchev–Trinajstić information content (AvgIpc) is 2.83. The van der Waals surface area contributed by atoms with Gasteiger partial charge in [-0.05, 0) is 23.6 Å². The number of rotatable bonds is 6. The van der Waals surface area contributed by atoms with Crippen molar-refractivity contribution in [2.75, 3.05) is 19.7 Å². The number of amides is 1. The zero-order chi connectivity index (χ0) is 21.4. The summed E-state index contributed by atoms with van der Waals surface area (Å²) in [5.41, 5.74) is 1.41. The molecule has 1 aliphatic heterocycles. The first-order valence-corrected chi connectivity index (χ1v) is 10.1. The Balaban J connectivity index is 1.79. The number of carbonyl (C=O) groups is 1. The number of carboxylic acid groups (broad SMARTS) is 1. The van der Waals surface area contributed by atoms with Crippen LogP contribution in [-0.2, 0) is 17.7 Å². The third kappa shape index (κ3) is 5.79. The van der Waals surface area contributed by atoms with Gasteiger partial charge in [0.25, 0.3) is 0 Å². The molecular formula is C19H24F3N3O3S. The van der Waals surface area contributed by atoms with Gasteiger partial charge in [-0.1, -0.05) is 20.8 Å². The number of ether oxygens (including phenoxy) is 1. The maximum absolute atomic E-state index is 12.4. The average molecular weight is 431 g/mol. The molecule has 1 aromatic carbocycles. The molecule has 0 aliphatic carbocycles. The first-order chi connectivity index (χ1) is 13.4. The van der Waals surface area contributed by atoms with Gasteiger partial charge in [0.05, 0.1) is 17.6 Å². The highest BCUT2D eigenvalue weighted by molar-refractivity contribution is 8.00. The van der Waals surface area contributed by atoms with Crippen LogP contribution in [0, 0.1) is 5.41 Å². The quantitative estimate of drug-likeness (QED) is 0.723. The number of imidazole rings is 1. The van der Waals surface area contributed by atoms with E-state index in [0.717, 1.165) is 21.8 Å². The number of hydrogen-bond donors (Lipinski definition) is 1. The number of halogens is 3. The second kappa shape index (κ2) is 8.06. The van der Waals surface area contributed by atoms with Crippen molar-refractivity contribution in [1.29, 1.82) is 0 Å². The fourth-order valence-corrected chi connectivity index (χ4v) is 4.43. The Bertz CT molecular complexity index is 886. The van der Waals surface area contributed by atoms with Crippen molar-refractivity contribution in [3.63, 3.8) is 0 Å². The first kappa shape index (κ1) is 21.8. The Morgan fingerprint density at radius 1 is 1.31 bits per heavy atom. The molecule has 3 rings (SSSR count).